The number of hydrogen-bond donors (Lipinski definition) is 2. The molecule has 1 aliphatic carbocycles. The normalized spacial score (nSPS) is 21.7. The average Bonchev–Trinajstić information content (AvgIpc) is 2.66. The van der Waals surface area contributed by atoms with Crippen LogP contribution in [0.5, 0.6) is 0 Å². The van der Waals surface area contributed by atoms with Gasteiger partial charge in [-0.3, -0.25) is 4.79 Å². The Morgan fingerprint density at radius 3 is 2.29 bits per heavy atom. The number of aliphatic carboxylic acids is 1. The van der Waals surface area contributed by atoms with Crippen molar-refractivity contribution >= 4 is 5.97 Å². The molecule has 3 nitrogen and oxygen atoms in total. The number of alkyl halides is 3. The molecule has 1 unspecified atom stereocenters. The zero-order valence-corrected chi connectivity index (χ0v) is 7.69. The summed E-state index contributed by atoms with van der Waals surface area (Å²) in [4.78, 5) is 10.3. The van der Waals surface area contributed by atoms with E-state index >= 15 is 0 Å². The predicted molar refractivity (Wildman–Crippen MR) is 42.9 cm³/mol. The molecular weight excluding hydrogens is 199 g/mol. The molecule has 0 amide bonds. The van der Waals surface area contributed by atoms with Crippen LogP contribution in [0.3, 0.4) is 0 Å². The second-order valence-electron chi connectivity index (χ2n) is 3.82. The predicted octanol–water partition coefficient (Wildman–Crippen LogP) is 1.53. The van der Waals surface area contributed by atoms with Crippen LogP contribution < -0.4 is 5.32 Å². The van der Waals surface area contributed by atoms with Gasteiger partial charge in [0.1, 0.15) is 5.54 Å². The molecule has 0 radical (unpaired) electrons. The van der Waals surface area contributed by atoms with Crippen molar-refractivity contribution in [3.8, 4) is 0 Å². The van der Waals surface area contributed by atoms with Crippen molar-refractivity contribution < 1.29 is 23.1 Å². The molecule has 0 spiro atoms. The first kappa shape index (κ1) is 11.3. The average molecular weight is 211 g/mol. The van der Waals surface area contributed by atoms with Gasteiger partial charge in [0.25, 0.3) is 0 Å². The van der Waals surface area contributed by atoms with Crippen molar-refractivity contribution in [3.63, 3.8) is 0 Å². The standard InChI is InChI=1S/C8H12F3NO2/c1-7(4-6(13)14,8(9,10)11)12-5-2-3-5/h5,12H,2-4H2,1H3,(H,13,14). The highest BCUT2D eigenvalue weighted by Gasteiger charge is 2.54. The van der Waals surface area contributed by atoms with E-state index in [1.807, 2.05) is 0 Å². The zero-order chi connectivity index (χ0) is 11.0. The SMILES string of the molecule is CC(CC(=O)O)(NC1CC1)C(F)(F)F. The van der Waals surface area contributed by atoms with Gasteiger partial charge in [0.05, 0.1) is 6.42 Å². The maximum absolute atomic E-state index is 12.5. The quantitative estimate of drug-likeness (QED) is 0.741. The number of rotatable bonds is 4. The molecule has 2 N–H and O–H groups in total. The van der Waals surface area contributed by atoms with Gasteiger partial charge in [-0.1, -0.05) is 0 Å². The minimum atomic E-state index is -4.53. The molecule has 0 bridgehead atoms. The maximum Gasteiger partial charge on any atom is 0.406 e. The monoisotopic (exact) mass is 211 g/mol. The van der Waals surface area contributed by atoms with Crippen molar-refractivity contribution in [1.82, 2.24) is 5.32 Å². The van der Waals surface area contributed by atoms with Gasteiger partial charge in [-0.15, -0.1) is 0 Å². The van der Waals surface area contributed by atoms with E-state index in [4.69, 9.17) is 5.11 Å². The summed E-state index contributed by atoms with van der Waals surface area (Å²) in [6.07, 6.45) is -4.10. The topological polar surface area (TPSA) is 49.3 Å². The number of carboxylic acids is 1. The van der Waals surface area contributed by atoms with E-state index in [1.54, 1.807) is 0 Å². The summed E-state index contributed by atoms with van der Waals surface area (Å²) in [6, 6.07) is -0.180. The first-order chi connectivity index (χ1) is 6.24. The first-order valence-electron chi connectivity index (χ1n) is 4.31. The Bertz CT molecular complexity index is 237. The second kappa shape index (κ2) is 3.42. The molecule has 0 aliphatic heterocycles. The highest BCUT2D eigenvalue weighted by molar-refractivity contribution is 5.68. The molecule has 0 aromatic heterocycles. The Labute approximate surface area is 79.3 Å². The highest BCUT2D eigenvalue weighted by atomic mass is 19.4. The summed E-state index contributed by atoms with van der Waals surface area (Å²) in [5, 5.41) is 10.7. The molecule has 0 aromatic carbocycles. The second-order valence-corrected chi connectivity index (χ2v) is 3.82. The molecule has 0 saturated heterocycles. The first-order valence-corrected chi connectivity index (χ1v) is 4.31. The van der Waals surface area contributed by atoms with E-state index in [1.165, 1.54) is 0 Å². The Hall–Kier alpha value is -0.780. The third-order valence-electron chi connectivity index (χ3n) is 2.23. The third kappa shape index (κ3) is 2.60. The van der Waals surface area contributed by atoms with Crippen LogP contribution in [0.25, 0.3) is 0 Å². The van der Waals surface area contributed by atoms with Crippen LogP contribution >= 0.6 is 0 Å². The van der Waals surface area contributed by atoms with Crippen LogP contribution in [0.4, 0.5) is 13.2 Å². The zero-order valence-electron chi connectivity index (χ0n) is 7.69. The minimum absolute atomic E-state index is 0.180. The van der Waals surface area contributed by atoms with Gasteiger partial charge in [-0.05, 0) is 19.8 Å². The van der Waals surface area contributed by atoms with Crippen LogP contribution in [0.1, 0.15) is 26.2 Å². The lowest BCUT2D eigenvalue weighted by molar-refractivity contribution is -0.198. The smallest absolute Gasteiger partial charge is 0.406 e. The number of hydrogen-bond acceptors (Lipinski definition) is 2. The molecule has 1 fully saturated rings. The molecule has 82 valence electrons. The largest absolute Gasteiger partial charge is 0.481 e. The Morgan fingerprint density at radius 1 is 1.50 bits per heavy atom. The Morgan fingerprint density at radius 2 is 2.00 bits per heavy atom. The number of halogens is 3. The molecular formula is C8H12F3NO2. The van der Waals surface area contributed by atoms with E-state index in [0.717, 1.165) is 6.92 Å². The van der Waals surface area contributed by atoms with E-state index in [-0.39, 0.29) is 6.04 Å². The minimum Gasteiger partial charge on any atom is -0.481 e. The van der Waals surface area contributed by atoms with Crippen molar-refractivity contribution in [2.24, 2.45) is 0 Å². The number of nitrogens with one attached hydrogen (secondary N) is 1. The van der Waals surface area contributed by atoms with Crippen molar-refractivity contribution in [2.75, 3.05) is 0 Å². The molecule has 0 heterocycles. The molecule has 6 heteroatoms. The van der Waals surface area contributed by atoms with Crippen LogP contribution in [0, 0.1) is 0 Å². The van der Waals surface area contributed by atoms with Gasteiger partial charge >= 0.3 is 12.1 Å². The summed E-state index contributed by atoms with van der Waals surface area (Å²) in [5.74, 6) is -1.45. The Kier molecular flexibility index (Phi) is 2.76. The summed E-state index contributed by atoms with van der Waals surface area (Å²) in [5.41, 5.74) is -2.31. The third-order valence-corrected chi connectivity index (χ3v) is 2.23. The molecule has 1 aliphatic rings. The van der Waals surface area contributed by atoms with Crippen LogP contribution in [0.15, 0.2) is 0 Å². The van der Waals surface area contributed by atoms with Crippen LogP contribution in [-0.4, -0.2) is 28.8 Å². The summed E-state index contributed by atoms with van der Waals surface area (Å²) >= 11 is 0. The fraction of sp³-hybridized carbons (Fsp3) is 0.875. The lowest BCUT2D eigenvalue weighted by Crippen LogP contribution is -2.56. The maximum atomic E-state index is 12.5. The molecule has 0 aromatic rings. The van der Waals surface area contributed by atoms with Gasteiger partial charge in [-0.25, -0.2) is 0 Å². The van der Waals surface area contributed by atoms with E-state index < -0.39 is 24.1 Å². The van der Waals surface area contributed by atoms with Gasteiger partial charge in [-0.2, -0.15) is 13.2 Å². The van der Waals surface area contributed by atoms with E-state index in [0.29, 0.717) is 12.8 Å². The lowest BCUT2D eigenvalue weighted by Gasteiger charge is -2.31. The molecule has 1 rings (SSSR count). The van der Waals surface area contributed by atoms with E-state index in [9.17, 15) is 18.0 Å². The molecule has 1 saturated carbocycles. The highest BCUT2D eigenvalue weighted by Crippen LogP contribution is 2.36. The summed E-state index contributed by atoms with van der Waals surface area (Å²) in [6.45, 7) is 0.888. The van der Waals surface area contributed by atoms with Gasteiger partial charge in [0, 0.05) is 6.04 Å². The molecule has 14 heavy (non-hydrogen) atoms. The lowest BCUT2D eigenvalue weighted by atomic mass is 9.97. The fourth-order valence-electron chi connectivity index (χ4n) is 1.21. The van der Waals surface area contributed by atoms with Gasteiger partial charge < -0.3 is 10.4 Å². The number of carboxylic acid groups (broad SMARTS) is 1. The Balaban J connectivity index is 2.70. The van der Waals surface area contributed by atoms with Crippen molar-refractivity contribution in [1.29, 1.82) is 0 Å². The van der Waals surface area contributed by atoms with Crippen LogP contribution in [0.2, 0.25) is 0 Å². The number of carbonyl (C=O) groups is 1. The van der Waals surface area contributed by atoms with Gasteiger partial charge in [0.2, 0.25) is 0 Å². The molecule has 1 atom stereocenters. The van der Waals surface area contributed by atoms with E-state index in [2.05, 4.69) is 5.32 Å². The van der Waals surface area contributed by atoms with Gasteiger partial charge in [0.15, 0.2) is 0 Å². The van der Waals surface area contributed by atoms with Crippen LogP contribution in [-0.2, 0) is 4.79 Å². The fourth-order valence-corrected chi connectivity index (χ4v) is 1.21. The summed E-state index contributed by atoms with van der Waals surface area (Å²) < 4.78 is 37.6. The summed E-state index contributed by atoms with van der Waals surface area (Å²) in [7, 11) is 0. The van der Waals surface area contributed by atoms with Crippen molar-refractivity contribution in [3.05, 3.63) is 0 Å². The van der Waals surface area contributed by atoms with Crippen molar-refractivity contribution in [2.45, 2.75) is 43.9 Å².